The van der Waals surface area contributed by atoms with E-state index in [0.29, 0.717) is 30.9 Å². The molecule has 1 aromatic heterocycles. The molecule has 1 aliphatic heterocycles. The third-order valence-corrected chi connectivity index (χ3v) is 3.61. The molecule has 2 rings (SSSR count). The lowest BCUT2D eigenvalue weighted by Gasteiger charge is -2.41. The average molecular weight is 264 g/mol. The molecule has 0 spiro atoms. The number of aliphatic hydroxyl groups is 1. The normalized spacial score (nSPS) is 22.1. The molecule has 0 radical (unpaired) electrons. The minimum absolute atomic E-state index is 0.156. The molecule has 2 N–H and O–H groups in total. The van der Waals surface area contributed by atoms with Crippen molar-refractivity contribution in [3.05, 3.63) is 18.0 Å². The zero-order chi connectivity index (χ0) is 14.0. The summed E-state index contributed by atoms with van der Waals surface area (Å²) in [6, 6.07) is 1.57. The van der Waals surface area contributed by atoms with Gasteiger partial charge in [-0.15, -0.1) is 0 Å². The molecular formula is C13H20N4O2. The number of rotatable bonds is 1. The van der Waals surface area contributed by atoms with Crippen LogP contribution in [0, 0.1) is 12.3 Å². The lowest BCUT2D eigenvalue weighted by Crippen LogP contribution is -2.51. The highest BCUT2D eigenvalue weighted by atomic mass is 16.3. The molecule has 2 heterocycles. The second-order valence-corrected chi connectivity index (χ2v) is 5.68. The van der Waals surface area contributed by atoms with E-state index >= 15 is 0 Å². The van der Waals surface area contributed by atoms with Crippen molar-refractivity contribution in [3.63, 3.8) is 0 Å². The number of hydrogen-bond acceptors (Lipinski definition) is 4. The third-order valence-electron chi connectivity index (χ3n) is 3.61. The van der Waals surface area contributed by atoms with Crippen LogP contribution in [0.2, 0.25) is 0 Å². The Morgan fingerprint density at radius 2 is 2.32 bits per heavy atom. The molecule has 1 aromatic rings. The third kappa shape index (κ3) is 3.01. The van der Waals surface area contributed by atoms with E-state index in [0.717, 1.165) is 0 Å². The smallest absolute Gasteiger partial charge is 0.321 e. The van der Waals surface area contributed by atoms with Crippen LogP contribution in [0.1, 0.15) is 26.0 Å². The number of aryl methyl sites for hydroxylation is 1. The van der Waals surface area contributed by atoms with Crippen molar-refractivity contribution in [2.75, 3.05) is 18.4 Å². The van der Waals surface area contributed by atoms with Crippen LogP contribution < -0.4 is 5.32 Å². The molecule has 1 fully saturated rings. The van der Waals surface area contributed by atoms with E-state index < -0.39 is 0 Å². The summed E-state index contributed by atoms with van der Waals surface area (Å²) in [7, 11) is 0. The molecule has 2 amide bonds. The summed E-state index contributed by atoms with van der Waals surface area (Å²) in [5.74, 6) is 0. The number of urea groups is 1. The van der Waals surface area contributed by atoms with E-state index in [9.17, 15) is 9.90 Å². The van der Waals surface area contributed by atoms with Crippen LogP contribution in [0.4, 0.5) is 10.5 Å². The largest absolute Gasteiger partial charge is 0.392 e. The van der Waals surface area contributed by atoms with E-state index in [1.54, 1.807) is 24.1 Å². The maximum absolute atomic E-state index is 12.2. The molecule has 1 atom stereocenters. The molecule has 0 aromatic carbocycles. The SMILES string of the molecule is Cc1nnccc1NC(=O)N1CCC(O)C(C)(C)C1. The molecule has 6 heteroatoms. The quantitative estimate of drug-likeness (QED) is 0.804. The molecule has 104 valence electrons. The Hall–Kier alpha value is -1.69. The van der Waals surface area contributed by atoms with Gasteiger partial charge < -0.3 is 15.3 Å². The zero-order valence-electron chi connectivity index (χ0n) is 11.6. The fraction of sp³-hybridized carbons (Fsp3) is 0.615. The van der Waals surface area contributed by atoms with Crippen LogP contribution in [-0.4, -0.2) is 45.4 Å². The first-order valence-corrected chi connectivity index (χ1v) is 6.42. The van der Waals surface area contributed by atoms with Crippen LogP contribution >= 0.6 is 0 Å². The van der Waals surface area contributed by atoms with Gasteiger partial charge in [-0.25, -0.2) is 4.79 Å². The van der Waals surface area contributed by atoms with Crippen LogP contribution in [0.3, 0.4) is 0 Å². The first-order chi connectivity index (χ1) is 8.90. The van der Waals surface area contributed by atoms with E-state index in [2.05, 4.69) is 15.5 Å². The number of carbonyl (C=O) groups is 1. The number of piperidine rings is 1. The fourth-order valence-electron chi connectivity index (χ4n) is 2.25. The van der Waals surface area contributed by atoms with Gasteiger partial charge in [-0.2, -0.15) is 10.2 Å². The summed E-state index contributed by atoms with van der Waals surface area (Å²) in [5, 5.41) is 20.4. The number of nitrogens with zero attached hydrogens (tertiary/aromatic N) is 3. The van der Waals surface area contributed by atoms with Crippen LogP contribution in [0.5, 0.6) is 0 Å². The van der Waals surface area contributed by atoms with E-state index in [1.165, 1.54) is 0 Å². The Morgan fingerprint density at radius 3 is 2.95 bits per heavy atom. The Balaban J connectivity index is 2.03. The summed E-state index contributed by atoms with van der Waals surface area (Å²) < 4.78 is 0. The van der Waals surface area contributed by atoms with E-state index in [-0.39, 0.29) is 17.6 Å². The number of aliphatic hydroxyl groups excluding tert-OH is 1. The Labute approximate surface area is 112 Å². The lowest BCUT2D eigenvalue weighted by molar-refractivity contribution is -0.00967. The number of amides is 2. The van der Waals surface area contributed by atoms with Crippen molar-refractivity contribution >= 4 is 11.7 Å². The number of likely N-dealkylation sites (tertiary alicyclic amines) is 1. The highest BCUT2D eigenvalue weighted by Gasteiger charge is 2.36. The van der Waals surface area contributed by atoms with Crippen molar-refractivity contribution in [1.29, 1.82) is 0 Å². The Morgan fingerprint density at radius 1 is 1.58 bits per heavy atom. The van der Waals surface area contributed by atoms with Crippen molar-refractivity contribution in [3.8, 4) is 0 Å². The molecule has 6 nitrogen and oxygen atoms in total. The molecule has 0 bridgehead atoms. The number of hydrogen-bond donors (Lipinski definition) is 2. The molecule has 1 aliphatic rings. The van der Waals surface area contributed by atoms with E-state index in [1.807, 2.05) is 13.8 Å². The molecule has 1 saturated heterocycles. The van der Waals surface area contributed by atoms with Gasteiger partial charge >= 0.3 is 6.03 Å². The van der Waals surface area contributed by atoms with Gasteiger partial charge in [-0.3, -0.25) is 0 Å². The predicted octanol–water partition coefficient (Wildman–Crippen LogP) is 1.41. The average Bonchev–Trinajstić information content (AvgIpc) is 2.35. The molecule has 0 saturated carbocycles. The summed E-state index contributed by atoms with van der Waals surface area (Å²) in [6.45, 7) is 6.84. The van der Waals surface area contributed by atoms with Crippen LogP contribution in [0.15, 0.2) is 12.3 Å². The second kappa shape index (κ2) is 5.13. The maximum Gasteiger partial charge on any atom is 0.321 e. The number of carbonyl (C=O) groups excluding carboxylic acids is 1. The molecule has 19 heavy (non-hydrogen) atoms. The van der Waals surface area contributed by atoms with Crippen molar-refractivity contribution in [1.82, 2.24) is 15.1 Å². The molecule has 0 aliphatic carbocycles. The highest BCUT2D eigenvalue weighted by Crippen LogP contribution is 2.29. The second-order valence-electron chi connectivity index (χ2n) is 5.68. The Kier molecular flexibility index (Phi) is 3.71. The summed E-state index contributed by atoms with van der Waals surface area (Å²) in [4.78, 5) is 13.9. The van der Waals surface area contributed by atoms with Crippen LogP contribution in [0.25, 0.3) is 0 Å². The number of aromatic nitrogens is 2. The minimum atomic E-state index is -0.360. The van der Waals surface area contributed by atoms with E-state index in [4.69, 9.17) is 0 Å². The Bertz CT molecular complexity index is 475. The standard InChI is InChI=1S/C13H20N4O2/c1-9-10(4-6-14-16-9)15-12(19)17-7-5-11(18)13(2,3)8-17/h4,6,11,18H,5,7-8H2,1-3H3,(H,14,15,19). The first-order valence-electron chi connectivity index (χ1n) is 6.42. The van der Waals surface area contributed by atoms with Gasteiger partial charge in [0.05, 0.1) is 23.7 Å². The number of nitrogens with one attached hydrogen (secondary N) is 1. The van der Waals surface area contributed by atoms with Crippen molar-refractivity contribution < 1.29 is 9.90 Å². The van der Waals surface area contributed by atoms with Gasteiger partial charge in [-0.05, 0) is 19.4 Å². The van der Waals surface area contributed by atoms with Gasteiger partial charge in [0.25, 0.3) is 0 Å². The maximum atomic E-state index is 12.2. The lowest BCUT2D eigenvalue weighted by atomic mass is 9.81. The van der Waals surface area contributed by atoms with Gasteiger partial charge in [0.15, 0.2) is 0 Å². The van der Waals surface area contributed by atoms with Crippen molar-refractivity contribution in [2.45, 2.75) is 33.3 Å². The van der Waals surface area contributed by atoms with Gasteiger partial charge in [0, 0.05) is 18.5 Å². The zero-order valence-corrected chi connectivity index (χ0v) is 11.6. The van der Waals surface area contributed by atoms with Crippen LogP contribution in [-0.2, 0) is 0 Å². The molecular weight excluding hydrogens is 244 g/mol. The first kappa shape index (κ1) is 13.7. The predicted molar refractivity (Wildman–Crippen MR) is 71.8 cm³/mol. The summed E-state index contributed by atoms with van der Waals surface area (Å²) >= 11 is 0. The summed E-state index contributed by atoms with van der Waals surface area (Å²) in [6.07, 6.45) is 1.79. The monoisotopic (exact) mass is 264 g/mol. The van der Waals surface area contributed by atoms with Gasteiger partial charge in [0.1, 0.15) is 0 Å². The minimum Gasteiger partial charge on any atom is -0.392 e. The van der Waals surface area contributed by atoms with Gasteiger partial charge in [0.2, 0.25) is 0 Å². The molecule has 1 unspecified atom stereocenters. The summed E-state index contributed by atoms with van der Waals surface area (Å²) in [5.41, 5.74) is 1.08. The topological polar surface area (TPSA) is 78.4 Å². The highest BCUT2D eigenvalue weighted by molar-refractivity contribution is 5.89. The number of anilines is 1. The fourth-order valence-corrected chi connectivity index (χ4v) is 2.25. The van der Waals surface area contributed by atoms with Crippen molar-refractivity contribution in [2.24, 2.45) is 5.41 Å². The van der Waals surface area contributed by atoms with Gasteiger partial charge in [-0.1, -0.05) is 13.8 Å².